The van der Waals surface area contributed by atoms with E-state index >= 15 is 0 Å². The second-order valence-corrected chi connectivity index (χ2v) is 7.51. The molecule has 27 heavy (non-hydrogen) atoms. The van der Waals surface area contributed by atoms with Gasteiger partial charge in [-0.2, -0.15) is 0 Å². The van der Waals surface area contributed by atoms with Gasteiger partial charge in [0.25, 0.3) is 0 Å². The van der Waals surface area contributed by atoms with Gasteiger partial charge in [0.05, 0.1) is 18.4 Å². The van der Waals surface area contributed by atoms with Crippen molar-refractivity contribution in [2.75, 3.05) is 18.6 Å². The van der Waals surface area contributed by atoms with E-state index in [4.69, 9.17) is 4.74 Å². The zero-order valence-electron chi connectivity index (χ0n) is 15.5. The molecule has 1 atom stereocenters. The Hall–Kier alpha value is -2.58. The van der Waals surface area contributed by atoms with Crippen LogP contribution in [-0.4, -0.2) is 39.5 Å². The number of aromatic nitrogens is 4. The lowest BCUT2D eigenvalue weighted by Crippen LogP contribution is -2.25. The average Bonchev–Trinajstić information content (AvgIpc) is 3.40. The van der Waals surface area contributed by atoms with Gasteiger partial charge in [0.1, 0.15) is 16.8 Å². The summed E-state index contributed by atoms with van der Waals surface area (Å²) in [6.45, 7) is 4.90. The number of ether oxygens (including phenoxy) is 1. The summed E-state index contributed by atoms with van der Waals surface area (Å²) in [5, 5.41) is 11.5. The molecule has 8 heteroatoms. The van der Waals surface area contributed by atoms with Crippen molar-refractivity contribution in [3.8, 4) is 11.3 Å². The molecule has 3 heterocycles. The Labute approximate surface area is 161 Å². The first-order chi connectivity index (χ1) is 13.0. The van der Waals surface area contributed by atoms with Crippen molar-refractivity contribution in [1.29, 1.82) is 0 Å². The lowest BCUT2D eigenvalue weighted by Gasteiger charge is -2.14. The Bertz CT molecular complexity index is 980. The SMILES string of the molecule is COC(C)c1nc(Cn2cc(-c3ccc4c(c3)CCN4C(C)=O)nn2)cs1. The van der Waals surface area contributed by atoms with Crippen LogP contribution in [0.3, 0.4) is 0 Å². The third-order valence-electron chi connectivity index (χ3n) is 4.78. The smallest absolute Gasteiger partial charge is 0.223 e. The van der Waals surface area contributed by atoms with Gasteiger partial charge < -0.3 is 9.64 Å². The van der Waals surface area contributed by atoms with E-state index in [1.807, 2.05) is 35.5 Å². The Morgan fingerprint density at radius 1 is 1.41 bits per heavy atom. The molecule has 1 aliphatic heterocycles. The highest BCUT2D eigenvalue weighted by Gasteiger charge is 2.22. The molecule has 0 radical (unpaired) electrons. The highest BCUT2D eigenvalue weighted by molar-refractivity contribution is 7.09. The summed E-state index contributed by atoms with van der Waals surface area (Å²) in [4.78, 5) is 18.1. The maximum atomic E-state index is 11.7. The largest absolute Gasteiger partial charge is 0.375 e. The second-order valence-electron chi connectivity index (χ2n) is 6.62. The number of methoxy groups -OCH3 is 1. The summed E-state index contributed by atoms with van der Waals surface area (Å²) >= 11 is 1.59. The predicted octanol–water partition coefficient (Wildman–Crippen LogP) is 3.07. The van der Waals surface area contributed by atoms with Crippen LogP contribution >= 0.6 is 11.3 Å². The molecule has 1 aliphatic rings. The zero-order valence-corrected chi connectivity index (χ0v) is 16.4. The van der Waals surface area contributed by atoms with Crippen molar-refractivity contribution in [2.24, 2.45) is 0 Å². The molecule has 1 amide bonds. The van der Waals surface area contributed by atoms with E-state index < -0.39 is 0 Å². The summed E-state index contributed by atoms with van der Waals surface area (Å²) in [6, 6.07) is 6.10. The number of carbonyl (C=O) groups is 1. The first-order valence-electron chi connectivity index (χ1n) is 8.84. The number of fused-ring (bicyclic) bond motifs is 1. The Kier molecular flexibility index (Phi) is 4.75. The first-order valence-corrected chi connectivity index (χ1v) is 9.71. The molecule has 0 N–H and O–H groups in total. The molecule has 1 unspecified atom stereocenters. The van der Waals surface area contributed by atoms with Crippen LogP contribution in [0.2, 0.25) is 0 Å². The number of benzene rings is 1. The number of hydrogen-bond donors (Lipinski definition) is 0. The maximum absolute atomic E-state index is 11.7. The van der Waals surface area contributed by atoms with Crippen molar-refractivity contribution < 1.29 is 9.53 Å². The van der Waals surface area contributed by atoms with Gasteiger partial charge in [-0.1, -0.05) is 11.3 Å². The van der Waals surface area contributed by atoms with Crippen molar-refractivity contribution in [3.63, 3.8) is 0 Å². The fourth-order valence-corrected chi connectivity index (χ4v) is 4.09. The maximum Gasteiger partial charge on any atom is 0.223 e. The number of hydrogen-bond acceptors (Lipinski definition) is 6. The van der Waals surface area contributed by atoms with Crippen molar-refractivity contribution in [3.05, 3.63) is 46.0 Å². The van der Waals surface area contributed by atoms with E-state index in [-0.39, 0.29) is 12.0 Å². The summed E-state index contributed by atoms with van der Waals surface area (Å²) in [7, 11) is 1.68. The zero-order chi connectivity index (χ0) is 19.0. The van der Waals surface area contributed by atoms with Gasteiger partial charge in [0.15, 0.2) is 0 Å². The Morgan fingerprint density at radius 3 is 3.04 bits per heavy atom. The van der Waals surface area contributed by atoms with Gasteiger partial charge in [0.2, 0.25) is 5.91 Å². The Balaban J connectivity index is 1.51. The summed E-state index contributed by atoms with van der Waals surface area (Å²) in [6.07, 6.45) is 2.80. The fourth-order valence-electron chi connectivity index (χ4n) is 3.24. The quantitative estimate of drug-likeness (QED) is 0.677. The number of thiazole rings is 1. The number of nitrogens with zero attached hydrogens (tertiary/aromatic N) is 5. The Morgan fingerprint density at radius 2 is 2.26 bits per heavy atom. The van der Waals surface area contributed by atoms with Crippen LogP contribution < -0.4 is 4.90 Å². The van der Waals surface area contributed by atoms with Crippen molar-refractivity contribution in [1.82, 2.24) is 20.0 Å². The number of rotatable bonds is 5. The van der Waals surface area contributed by atoms with E-state index in [9.17, 15) is 4.79 Å². The third-order valence-corrected chi connectivity index (χ3v) is 5.84. The normalized spacial score (nSPS) is 14.4. The minimum absolute atomic E-state index is 0.00367. The molecule has 2 aromatic heterocycles. The fraction of sp³-hybridized carbons (Fsp3) is 0.368. The van der Waals surface area contributed by atoms with Crippen molar-refractivity contribution >= 4 is 22.9 Å². The molecule has 3 aromatic rings. The number of carbonyl (C=O) groups excluding carboxylic acids is 1. The molecular formula is C19H21N5O2S. The lowest BCUT2D eigenvalue weighted by atomic mass is 10.1. The number of amides is 1. The molecule has 0 saturated carbocycles. The van der Waals surface area contributed by atoms with Gasteiger partial charge in [-0.05, 0) is 31.0 Å². The van der Waals surface area contributed by atoms with E-state index in [0.717, 1.165) is 40.6 Å². The summed E-state index contributed by atoms with van der Waals surface area (Å²) in [5.41, 5.74) is 4.95. The monoisotopic (exact) mass is 383 g/mol. The summed E-state index contributed by atoms with van der Waals surface area (Å²) < 4.78 is 7.10. The number of anilines is 1. The molecule has 0 saturated heterocycles. The van der Waals surface area contributed by atoms with Crippen LogP contribution in [0, 0.1) is 0 Å². The molecule has 1 aromatic carbocycles. The standard InChI is InChI=1S/C19H21N5O2S/c1-12(26-3)19-20-16(11-27-19)9-23-10-17(21-22-23)14-4-5-18-15(8-14)6-7-24(18)13(2)25/h4-5,8,10-12H,6-7,9H2,1-3H3. The molecule has 4 rings (SSSR count). The molecule has 0 spiro atoms. The average molecular weight is 383 g/mol. The van der Waals surface area contributed by atoms with Crippen LogP contribution in [0.25, 0.3) is 11.3 Å². The lowest BCUT2D eigenvalue weighted by molar-refractivity contribution is -0.116. The van der Waals surface area contributed by atoms with Gasteiger partial charge in [0, 0.05) is 37.2 Å². The predicted molar refractivity (Wildman–Crippen MR) is 104 cm³/mol. The molecular weight excluding hydrogens is 362 g/mol. The first kappa shape index (κ1) is 17.8. The van der Waals surface area contributed by atoms with Gasteiger partial charge >= 0.3 is 0 Å². The molecule has 0 aliphatic carbocycles. The van der Waals surface area contributed by atoms with E-state index in [1.165, 1.54) is 5.56 Å². The van der Waals surface area contributed by atoms with Crippen LogP contribution in [0.5, 0.6) is 0 Å². The highest BCUT2D eigenvalue weighted by atomic mass is 32.1. The minimum atomic E-state index is -0.00367. The van der Waals surface area contributed by atoms with Crippen LogP contribution in [0.1, 0.15) is 36.2 Å². The third kappa shape index (κ3) is 3.50. The topological polar surface area (TPSA) is 73.1 Å². The van der Waals surface area contributed by atoms with Gasteiger partial charge in [-0.25, -0.2) is 9.67 Å². The minimum Gasteiger partial charge on any atom is -0.375 e. The summed E-state index contributed by atoms with van der Waals surface area (Å²) in [5.74, 6) is 0.0814. The molecule has 0 fully saturated rings. The van der Waals surface area contributed by atoms with Gasteiger partial charge in [-0.3, -0.25) is 4.79 Å². The molecule has 0 bridgehead atoms. The second kappa shape index (κ2) is 7.21. The van der Waals surface area contributed by atoms with E-state index in [2.05, 4.69) is 21.4 Å². The van der Waals surface area contributed by atoms with Gasteiger partial charge in [-0.15, -0.1) is 16.4 Å². The van der Waals surface area contributed by atoms with Crippen molar-refractivity contribution in [2.45, 2.75) is 32.9 Å². The molecule has 140 valence electrons. The van der Waals surface area contributed by atoms with E-state index in [1.54, 1.807) is 30.1 Å². The highest BCUT2D eigenvalue weighted by Crippen LogP contribution is 2.31. The van der Waals surface area contributed by atoms with E-state index in [0.29, 0.717) is 6.54 Å². The van der Waals surface area contributed by atoms with Crippen LogP contribution in [-0.2, 0) is 22.5 Å². The molecule has 7 nitrogen and oxygen atoms in total. The van der Waals surface area contributed by atoms with Crippen LogP contribution in [0.4, 0.5) is 5.69 Å². The van der Waals surface area contributed by atoms with Crippen LogP contribution in [0.15, 0.2) is 29.8 Å².